The molecule has 2 nitrogen and oxygen atoms in total. The van der Waals surface area contributed by atoms with Gasteiger partial charge in [-0.1, -0.05) is 35.9 Å². The molecule has 0 aliphatic rings. The van der Waals surface area contributed by atoms with E-state index in [1.807, 2.05) is 31.2 Å². The lowest BCUT2D eigenvalue weighted by Gasteiger charge is -2.11. The quantitative estimate of drug-likeness (QED) is 0.549. The largest absolute Gasteiger partial charge is 0.387 e. The molecule has 0 amide bonds. The Bertz CT molecular complexity index is 296. The third-order valence-electron chi connectivity index (χ3n) is 2.05. The van der Waals surface area contributed by atoms with Crippen molar-refractivity contribution < 1.29 is 5.11 Å². The summed E-state index contributed by atoms with van der Waals surface area (Å²) in [6.45, 7) is 6.91. The summed E-state index contributed by atoms with van der Waals surface area (Å²) in [5.41, 5.74) is 2.13. The monoisotopic (exact) mass is 191 g/mol. The van der Waals surface area contributed by atoms with Crippen molar-refractivity contribution in [2.45, 2.75) is 13.0 Å². The van der Waals surface area contributed by atoms with E-state index in [0.29, 0.717) is 6.54 Å². The Morgan fingerprint density at radius 3 is 3.00 bits per heavy atom. The topological polar surface area (TPSA) is 32.3 Å². The highest BCUT2D eigenvalue weighted by Crippen LogP contribution is 2.12. The van der Waals surface area contributed by atoms with Gasteiger partial charge in [0.25, 0.3) is 0 Å². The first-order valence-corrected chi connectivity index (χ1v) is 4.80. The second kappa shape index (κ2) is 5.58. The van der Waals surface area contributed by atoms with Crippen molar-refractivity contribution in [1.82, 2.24) is 5.32 Å². The van der Waals surface area contributed by atoms with E-state index in [-0.39, 0.29) is 0 Å². The zero-order valence-electron chi connectivity index (χ0n) is 8.53. The molecule has 0 aliphatic carbocycles. The van der Waals surface area contributed by atoms with Crippen molar-refractivity contribution >= 4 is 0 Å². The van der Waals surface area contributed by atoms with Crippen LogP contribution in [0.15, 0.2) is 36.9 Å². The zero-order valence-corrected chi connectivity index (χ0v) is 8.53. The van der Waals surface area contributed by atoms with E-state index in [9.17, 15) is 5.11 Å². The van der Waals surface area contributed by atoms with Crippen LogP contribution in [0.3, 0.4) is 0 Å². The van der Waals surface area contributed by atoms with Crippen molar-refractivity contribution in [3.05, 3.63) is 48.0 Å². The van der Waals surface area contributed by atoms with Gasteiger partial charge in [-0.2, -0.15) is 0 Å². The van der Waals surface area contributed by atoms with Gasteiger partial charge in [0.05, 0.1) is 6.10 Å². The fraction of sp³-hybridized carbons (Fsp3) is 0.333. The minimum Gasteiger partial charge on any atom is -0.387 e. The molecule has 0 aliphatic heterocycles. The van der Waals surface area contributed by atoms with Crippen LogP contribution in [-0.2, 0) is 0 Å². The zero-order chi connectivity index (χ0) is 10.4. The van der Waals surface area contributed by atoms with Crippen LogP contribution in [0.2, 0.25) is 0 Å². The first-order chi connectivity index (χ1) is 6.74. The third kappa shape index (κ3) is 3.32. The van der Waals surface area contributed by atoms with Crippen LogP contribution in [-0.4, -0.2) is 18.2 Å². The summed E-state index contributed by atoms with van der Waals surface area (Å²) in [4.78, 5) is 0. The first kappa shape index (κ1) is 11.0. The van der Waals surface area contributed by atoms with Crippen LogP contribution < -0.4 is 5.32 Å². The van der Waals surface area contributed by atoms with E-state index in [4.69, 9.17) is 0 Å². The summed E-state index contributed by atoms with van der Waals surface area (Å²) < 4.78 is 0. The summed E-state index contributed by atoms with van der Waals surface area (Å²) in [5, 5.41) is 12.9. The van der Waals surface area contributed by atoms with E-state index < -0.39 is 6.10 Å². The van der Waals surface area contributed by atoms with Crippen LogP contribution in [0.5, 0.6) is 0 Å². The van der Waals surface area contributed by atoms with Gasteiger partial charge in [0.15, 0.2) is 0 Å². The highest BCUT2D eigenvalue weighted by molar-refractivity contribution is 5.24. The van der Waals surface area contributed by atoms with Gasteiger partial charge >= 0.3 is 0 Å². The van der Waals surface area contributed by atoms with Crippen molar-refractivity contribution in [3.63, 3.8) is 0 Å². The van der Waals surface area contributed by atoms with E-state index in [0.717, 1.165) is 12.1 Å². The third-order valence-corrected chi connectivity index (χ3v) is 2.05. The van der Waals surface area contributed by atoms with Gasteiger partial charge in [0.1, 0.15) is 0 Å². The average Bonchev–Trinajstić information content (AvgIpc) is 2.18. The minimum atomic E-state index is -0.435. The molecule has 0 heterocycles. The molecule has 0 bridgehead atoms. The molecule has 0 spiro atoms. The predicted octanol–water partition coefficient (Wildman–Crippen LogP) is 1.80. The van der Waals surface area contributed by atoms with E-state index in [1.165, 1.54) is 5.56 Å². The number of aliphatic hydroxyl groups excluding tert-OH is 1. The van der Waals surface area contributed by atoms with Crippen LogP contribution in [0.25, 0.3) is 0 Å². The van der Waals surface area contributed by atoms with Crippen molar-refractivity contribution in [2.24, 2.45) is 0 Å². The second-order valence-electron chi connectivity index (χ2n) is 3.38. The molecule has 0 saturated carbocycles. The highest BCUT2D eigenvalue weighted by Gasteiger charge is 2.05. The number of rotatable bonds is 5. The molecule has 0 radical (unpaired) electrons. The number of hydrogen-bond acceptors (Lipinski definition) is 2. The summed E-state index contributed by atoms with van der Waals surface area (Å²) in [7, 11) is 0. The Hall–Kier alpha value is -1.12. The molecule has 2 N–H and O–H groups in total. The van der Waals surface area contributed by atoms with Crippen LogP contribution in [0.1, 0.15) is 17.2 Å². The van der Waals surface area contributed by atoms with E-state index in [1.54, 1.807) is 6.08 Å². The average molecular weight is 191 g/mol. The normalized spacial score (nSPS) is 12.4. The predicted molar refractivity (Wildman–Crippen MR) is 59.2 cm³/mol. The lowest BCUT2D eigenvalue weighted by molar-refractivity contribution is 0.176. The molecular weight excluding hydrogens is 174 g/mol. The van der Waals surface area contributed by atoms with E-state index >= 15 is 0 Å². The number of aliphatic hydroxyl groups is 1. The molecule has 1 aromatic carbocycles. The molecule has 1 aromatic rings. The van der Waals surface area contributed by atoms with Gasteiger partial charge in [-0.3, -0.25) is 0 Å². The molecule has 1 unspecified atom stereocenters. The summed E-state index contributed by atoms with van der Waals surface area (Å²) in [6.07, 6.45) is 1.35. The smallest absolute Gasteiger partial charge is 0.0914 e. The minimum absolute atomic E-state index is 0.435. The SMILES string of the molecule is C=CCNCC(O)c1cccc(C)c1. The van der Waals surface area contributed by atoms with Crippen LogP contribution in [0.4, 0.5) is 0 Å². The fourth-order valence-corrected chi connectivity index (χ4v) is 1.32. The van der Waals surface area contributed by atoms with Gasteiger partial charge < -0.3 is 10.4 Å². The van der Waals surface area contributed by atoms with Gasteiger partial charge in [-0.15, -0.1) is 6.58 Å². The molecule has 14 heavy (non-hydrogen) atoms. The lowest BCUT2D eigenvalue weighted by atomic mass is 10.1. The Morgan fingerprint density at radius 1 is 1.57 bits per heavy atom. The Balaban J connectivity index is 2.51. The standard InChI is InChI=1S/C12H17NO/c1-3-7-13-9-12(14)11-6-4-5-10(2)8-11/h3-6,8,12-14H,1,7,9H2,2H3. The maximum atomic E-state index is 9.77. The van der Waals surface area contributed by atoms with Gasteiger partial charge in [0.2, 0.25) is 0 Å². The molecule has 1 atom stereocenters. The van der Waals surface area contributed by atoms with E-state index in [2.05, 4.69) is 11.9 Å². The molecule has 0 saturated heterocycles. The number of benzene rings is 1. The summed E-state index contributed by atoms with van der Waals surface area (Å²) in [6, 6.07) is 7.92. The molecule has 0 aromatic heterocycles. The van der Waals surface area contributed by atoms with Crippen molar-refractivity contribution in [3.8, 4) is 0 Å². The van der Waals surface area contributed by atoms with Gasteiger partial charge in [-0.25, -0.2) is 0 Å². The molecule has 0 fully saturated rings. The maximum Gasteiger partial charge on any atom is 0.0914 e. The Morgan fingerprint density at radius 2 is 2.36 bits per heavy atom. The number of aryl methyl sites for hydroxylation is 1. The first-order valence-electron chi connectivity index (χ1n) is 4.80. The molecule has 1 rings (SSSR count). The molecule has 76 valence electrons. The number of hydrogen-bond donors (Lipinski definition) is 2. The van der Waals surface area contributed by atoms with Gasteiger partial charge in [-0.05, 0) is 12.5 Å². The maximum absolute atomic E-state index is 9.77. The highest BCUT2D eigenvalue weighted by atomic mass is 16.3. The van der Waals surface area contributed by atoms with Crippen molar-refractivity contribution in [2.75, 3.05) is 13.1 Å². The Kier molecular flexibility index (Phi) is 4.36. The van der Waals surface area contributed by atoms with Crippen LogP contribution >= 0.6 is 0 Å². The van der Waals surface area contributed by atoms with Crippen LogP contribution in [0, 0.1) is 6.92 Å². The fourth-order valence-electron chi connectivity index (χ4n) is 1.32. The Labute approximate surface area is 85.3 Å². The molecular formula is C12H17NO. The molecule has 2 heteroatoms. The van der Waals surface area contributed by atoms with Crippen molar-refractivity contribution in [1.29, 1.82) is 0 Å². The second-order valence-corrected chi connectivity index (χ2v) is 3.38. The summed E-state index contributed by atoms with van der Waals surface area (Å²) in [5.74, 6) is 0. The number of nitrogens with one attached hydrogen (secondary N) is 1. The lowest BCUT2D eigenvalue weighted by Crippen LogP contribution is -2.21. The summed E-state index contributed by atoms with van der Waals surface area (Å²) >= 11 is 0. The van der Waals surface area contributed by atoms with Gasteiger partial charge in [0, 0.05) is 13.1 Å².